The van der Waals surface area contributed by atoms with Gasteiger partial charge < -0.3 is 15.0 Å². The van der Waals surface area contributed by atoms with E-state index in [1.807, 2.05) is 18.4 Å². The average molecular weight is 498 g/mol. The molecule has 1 saturated heterocycles. The van der Waals surface area contributed by atoms with E-state index in [0.717, 1.165) is 43.0 Å². The molecule has 0 bridgehead atoms. The molecule has 1 aliphatic carbocycles. The first kappa shape index (κ1) is 23.7. The summed E-state index contributed by atoms with van der Waals surface area (Å²) in [5.74, 6) is 0.529. The van der Waals surface area contributed by atoms with E-state index in [4.69, 9.17) is 16.3 Å². The maximum absolute atomic E-state index is 12.5. The molecule has 1 fully saturated rings. The van der Waals surface area contributed by atoms with Crippen molar-refractivity contribution in [2.24, 2.45) is 0 Å². The number of carbonyl (C=O) groups is 1. The van der Waals surface area contributed by atoms with Crippen LogP contribution in [0, 0.1) is 6.92 Å². The Morgan fingerprint density at radius 3 is 2.71 bits per heavy atom. The molecule has 5 nitrogen and oxygen atoms in total. The monoisotopic (exact) mass is 497 g/mol. The second-order valence-electron chi connectivity index (χ2n) is 9.54. The molecule has 1 aliphatic heterocycles. The van der Waals surface area contributed by atoms with Gasteiger partial charge in [-0.2, -0.15) is 11.8 Å². The van der Waals surface area contributed by atoms with Crippen molar-refractivity contribution >= 4 is 40.2 Å². The number of aromatic amines is 1. The van der Waals surface area contributed by atoms with Crippen LogP contribution in [0.4, 0.5) is 0 Å². The highest BCUT2D eigenvalue weighted by molar-refractivity contribution is 7.99. The van der Waals surface area contributed by atoms with E-state index < -0.39 is 0 Å². The van der Waals surface area contributed by atoms with Crippen LogP contribution >= 0.6 is 23.4 Å². The van der Waals surface area contributed by atoms with Gasteiger partial charge in [0.2, 0.25) is 5.91 Å². The maximum atomic E-state index is 12.5. The summed E-state index contributed by atoms with van der Waals surface area (Å²) >= 11 is 7.97. The number of ether oxygens (including phenoxy) is 1. The third kappa shape index (κ3) is 3.95. The summed E-state index contributed by atoms with van der Waals surface area (Å²) in [6.07, 6.45) is 3.89. The number of hydrogen-bond acceptors (Lipinski definition) is 4. The van der Waals surface area contributed by atoms with Gasteiger partial charge in [0.15, 0.2) is 0 Å². The van der Waals surface area contributed by atoms with Crippen molar-refractivity contribution in [1.29, 1.82) is 0 Å². The van der Waals surface area contributed by atoms with Gasteiger partial charge >= 0.3 is 0 Å². The number of fused-ring (bicyclic) bond motifs is 3. The first-order chi connectivity index (χ1) is 16.5. The molecule has 5 rings (SSSR count). The predicted molar refractivity (Wildman–Crippen MR) is 141 cm³/mol. The van der Waals surface area contributed by atoms with Gasteiger partial charge in [-0.05, 0) is 61.9 Å². The predicted octanol–water partition coefficient (Wildman–Crippen LogP) is 5.21. The third-order valence-corrected chi connectivity index (χ3v) is 8.67. The summed E-state index contributed by atoms with van der Waals surface area (Å²) in [5.41, 5.74) is 5.99. The lowest BCUT2D eigenvalue weighted by Gasteiger charge is -2.44. The summed E-state index contributed by atoms with van der Waals surface area (Å²) < 4.78 is 6.14. The zero-order valence-corrected chi connectivity index (χ0v) is 21.6. The highest BCUT2D eigenvalue weighted by Gasteiger charge is 2.53. The molecular weight excluding hydrogens is 466 g/mol. The van der Waals surface area contributed by atoms with E-state index in [1.165, 1.54) is 27.8 Å². The number of aromatic nitrogens is 1. The van der Waals surface area contributed by atoms with Crippen molar-refractivity contribution in [3.05, 3.63) is 69.9 Å². The Morgan fingerprint density at radius 2 is 2.00 bits per heavy atom. The van der Waals surface area contributed by atoms with Crippen molar-refractivity contribution in [3.8, 4) is 0 Å². The summed E-state index contributed by atoms with van der Waals surface area (Å²) in [5, 5.41) is 5.24. The van der Waals surface area contributed by atoms with E-state index in [9.17, 15) is 4.79 Å². The average Bonchev–Trinajstić information content (AvgIpc) is 3.29. The number of H-pyrrole nitrogens is 1. The van der Waals surface area contributed by atoms with Gasteiger partial charge in [-0.1, -0.05) is 48.0 Å². The molecule has 1 spiro atoms. The Bertz CT molecular complexity index is 1200. The second kappa shape index (κ2) is 9.57. The van der Waals surface area contributed by atoms with Crippen molar-refractivity contribution in [2.45, 2.75) is 43.9 Å². The number of rotatable bonds is 6. The maximum Gasteiger partial charge on any atom is 0.230 e. The van der Waals surface area contributed by atoms with Gasteiger partial charge in [-0.3, -0.25) is 9.69 Å². The quantitative estimate of drug-likeness (QED) is 0.490. The number of nitrogens with one attached hydrogen (secondary N) is 2. The van der Waals surface area contributed by atoms with E-state index >= 15 is 0 Å². The lowest BCUT2D eigenvalue weighted by Crippen LogP contribution is -2.50. The normalized spacial score (nSPS) is 21.8. The molecule has 2 aromatic carbocycles. The molecule has 0 unspecified atom stereocenters. The first-order valence-corrected chi connectivity index (χ1v) is 13.6. The second-order valence-corrected chi connectivity index (χ2v) is 10.8. The van der Waals surface area contributed by atoms with Crippen LogP contribution in [0.2, 0.25) is 5.02 Å². The number of nitrogens with zero attached hydrogens (tertiary/aromatic N) is 1. The Labute approximate surface area is 210 Å². The Hall–Kier alpha value is -1.99. The summed E-state index contributed by atoms with van der Waals surface area (Å²) in [6.45, 7) is 5.00. The molecule has 1 amide bonds. The fraction of sp³-hybridized carbons (Fsp3) is 0.444. The minimum atomic E-state index is -0.106. The topological polar surface area (TPSA) is 57.4 Å². The highest BCUT2D eigenvalue weighted by atomic mass is 35.5. The SMILES string of the molecule is CO[C@H]1[C@H](NC(=O)CSC)c2ccccc2C12CCN(Cc1[nH]c3c(Cl)cccc3c1C)CC2. The zero-order valence-electron chi connectivity index (χ0n) is 20.0. The molecule has 0 radical (unpaired) electrons. The number of benzene rings is 2. The fourth-order valence-electron chi connectivity index (χ4n) is 6.13. The van der Waals surface area contributed by atoms with Gasteiger partial charge in [0.25, 0.3) is 0 Å². The van der Waals surface area contributed by atoms with Crippen LogP contribution in [-0.2, 0) is 21.5 Å². The molecule has 34 heavy (non-hydrogen) atoms. The van der Waals surface area contributed by atoms with Crippen LogP contribution in [0.3, 0.4) is 0 Å². The van der Waals surface area contributed by atoms with E-state index in [2.05, 4.69) is 52.5 Å². The number of amides is 1. The number of piperidine rings is 1. The summed E-state index contributed by atoms with van der Waals surface area (Å²) in [4.78, 5) is 18.6. The lowest BCUT2D eigenvalue weighted by molar-refractivity contribution is -0.121. The fourth-order valence-corrected chi connectivity index (χ4v) is 6.70. The molecule has 2 N–H and O–H groups in total. The van der Waals surface area contributed by atoms with Crippen LogP contribution in [0.5, 0.6) is 0 Å². The molecule has 2 atom stereocenters. The number of methoxy groups -OCH3 is 1. The number of carbonyl (C=O) groups excluding carboxylic acids is 1. The molecular formula is C27H32ClN3O2S. The van der Waals surface area contributed by atoms with Crippen LogP contribution in [0.15, 0.2) is 42.5 Å². The number of thioether (sulfide) groups is 1. The molecule has 0 saturated carbocycles. The minimum Gasteiger partial charge on any atom is -0.378 e. The molecule has 2 aliphatic rings. The Balaban J connectivity index is 1.37. The smallest absolute Gasteiger partial charge is 0.230 e. The number of hydrogen-bond donors (Lipinski definition) is 2. The van der Waals surface area contributed by atoms with Crippen molar-refractivity contribution < 1.29 is 9.53 Å². The van der Waals surface area contributed by atoms with Crippen molar-refractivity contribution in [3.63, 3.8) is 0 Å². The number of likely N-dealkylation sites (tertiary alicyclic amines) is 1. The van der Waals surface area contributed by atoms with Crippen molar-refractivity contribution in [2.75, 3.05) is 32.2 Å². The molecule has 2 heterocycles. The number of aryl methyl sites for hydroxylation is 1. The van der Waals surface area contributed by atoms with Gasteiger partial charge in [0, 0.05) is 30.1 Å². The summed E-state index contributed by atoms with van der Waals surface area (Å²) in [7, 11) is 1.79. The van der Waals surface area contributed by atoms with Gasteiger partial charge in [-0.15, -0.1) is 0 Å². The van der Waals surface area contributed by atoms with Crippen LogP contribution in [0.25, 0.3) is 10.9 Å². The van der Waals surface area contributed by atoms with Crippen LogP contribution in [0.1, 0.15) is 41.3 Å². The van der Waals surface area contributed by atoms with Crippen LogP contribution < -0.4 is 5.32 Å². The molecule has 7 heteroatoms. The number of para-hydroxylation sites is 1. The highest BCUT2D eigenvalue weighted by Crippen LogP contribution is 2.52. The third-order valence-electron chi connectivity index (χ3n) is 7.80. The van der Waals surface area contributed by atoms with Crippen molar-refractivity contribution in [1.82, 2.24) is 15.2 Å². The molecule has 180 valence electrons. The first-order valence-electron chi connectivity index (χ1n) is 11.9. The van der Waals surface area contributed by atoms with Gasteiger partial charge in [-0.25, -0.2) is 0 Å². The Kier molecular flexibility index (Phi) is 6.68. The standard InChI is InChI=1S/C27H32ClN3O2S/c1-17-18-8-6-10-21(28)24(18)29-22(17)15-31-13-11-27(12-14-31)20-9-5-4-7-19(20)25(26(27)33-2)30-23(32)16-34-3/h4-10,25-26,29H,11-16H2,1-3H3,(H,30,32)/t25-,26+/m1/s1. The zero-order chi connectivity index (χ0) is 23.9. The minimum absolute atomic E-state index is 0.0634. The van der Waals surface area contributed by atoms with Crippen LogP contribution in [-0.4, -0.2) is 54.1 Å². The summed E-state index contributed by atoms with van der Waals surface area (Å²) in [6, 6.07) is 14.5. The largest absolute Gasteiger partial charge is 0.378 e. The van der Waals surface area contributed by atoms with Gasteiger partial charge in [0.05, 0.1) is 28.4 Å². The molecule has 1 aromatic heterocycles. The lowest BCUT2D eigenvalue weighted by atomic mass is 9.72. The van der Waals surface area contributed by atoms with E-state index in [-0.39, 0.29) is 23.5 Å². The van der Waals surface area contributed by atoms with E-state index in [1.54, 1.807) is 18.9 Å². The van der Waals surface area contributed by atoms with E-state index in [0.29, 0.717) is 5.75 Å². The number of halogens is 1. The van der Waals surface area contributed by atoms with Gasteiger partial charge in [0.1, 0.15) is 0 Å². The Morgan fingerprint density at radius 1 is 1.24 bits per heavy atom. The molecule has 3 aromatic rings.